The summed E-state index contributed by atoms with van der Waals surface area (Å²) in [5, 5.41) is 2.45. The second-order valence-electron chi connectivity index (χ2n) is 14.5. The third-order valence-electron chi connectivity index (χ3n) is 11.1. The zero-order valence-electron chi connectivity index (χ0n) is 32.9. The van der Waals surface area contributed by atoms with Crippen LogP contribution in [0.1, 0.15) is 62.4 Å². The molecule has 0 fully saturated rings. The summed E-state index contributed by atoms with van der Waals surface area (Å²) < 4.78 is 2.46. The monoisotopic (exact) mass is 717 g/mol. The van der Waals surface area contributed by atoms with Gasteiger partial charge in [-0.25, -0.2) is 0 Å². The fraction of sp³-hybridized carbons (Fsp3) is 0.192. The van der Waals surface area contributed by atoms with E-state index in [4.69, 9.17) is 0 Å². The molecule has 1 heterocycles. The first-order valence-corrected chi connectivity index (χ1v) is 20.1. The Bertz CT molecular complexity index is 2360. The Balaban J connectivity index is 1.40. The van der Waals surface area contributed by atoms with Crippen molar-refractivity contribution in [2.24, 2.45) is 0 Å². The smallest absolute Gasteiger partial charge is 0.0542 e. The molecule has 1 aromatic heterocycles. The van der Waals surface area contributed by atoms with Gasteiger partial charge >= 0.3 is 0 Å². The van der Waals surface area contributed by atoms with E-state index in [9.17, 15) is 0 Å². The van der Waals surface area contributed by atoms with Gasteiger partial charge in [-0.15, -0.1) is 0 Å². The van der Waals surface area contributed by atoms with Gasteiger partial charge in [0.2, 0.25) is 0 Å². The highest BCUT2D eigenvalue weighted by atomic mass is 15.1. The highest BCUT2D eigenvalue weighted by Crippen LogP contribution is 2.43. The highest BCUT2D eigenvalue weighted by molar-refractivity contribution is 6.12. The summed E-state index contributed by atoms with van der Waals surface area (Å²) >= 11 is 0. The molecule has 0 unspecified atom stereocenters. The standard InChI is InChI=1S/C52H51N3/c1-6-37-16-11-21-42(30-37)53(43-22-12-17-38(7-2)31-43)47-26-28-51-49(35-47)50-36-48(27-29-52(50)55(51)46-25-15-20-41(10-5)34-46)54(44-23-13-18-39(8-3)32-44)45-24-14-19-40(9-4)33-45/h11-36H,6-10H2,1-5H3. The summed E-state index contributed by atoms with van der Waals surface area (Å²) in [5.74, 6) is 0. The normalized spacial score (nSPS) is 11.4. The van der Waals surface area contributed by atoms with Gasteiger partial charge in [0.25, 0.3) is 0 Å². The molecule has 0 aliphatic rings. The lowest BCUT2D eigenvalue weighted by Crippen LogP contribution is -2.11. The lowest BCUT2D eigenvalue weighted by molar-refractivity contribution is 1.11. The molecule has 0 radical (unpaired) electrons. The van der Waals surface area contributed by atoms with Crippen molar-refractivity contribution in [2.45, 2.75) is 66.7 Å². The van der Waals surface area contributed by atoms with Crippen LogP contribution in [0.5, 0.6) is 0 Å². The van der Waals surface area contributed by atoms with Crippen molar-refractivity contribution >= 4 is 55.9 Å². The molecular weight excluding hydrogens is 667 g/mol. The third kappa shape index (κ3) is 7.03. The molecule has 8 rings (SSSR count). The van der Waals surface area contributed by atoms with E-state index in [0.717, 1.165) is 43.5 Å². The van der Waals surface area contributed by atoms with Gasteiger partial charge in [-0.3, -0.25) is 0 Å². The van der Waals surface area contributed by atoms with Crippen LogP contribution in [0.2, 0.25) is 0 Å². The number of anilines is 6. The van der Waals surface area contributed by atoms with E-state index in [1.54, 1.807) is 0 Å². The molecule has 3 nitrogen and oxygen atoms in total. The van der Waals surface area contributed by atoms with Crippen LogP contribution < -0.4 is 9.80 Å². The lowest BCUT2D eigenvalue weighted by atomic mass is 10.1. The van der Waals surface area contributed by atoms with E-state index in [-0.39, 0.29) is 0 Å². The molecule has 0 saturated carbocycles. The van der Waals surface area contributed by atoms with Crippen molar-refractivity contribution in [2.75, 3.05) is 9.80 Å². The fourth-order valence-electron chi connectivity index (χ4n) is 8.03. The maximum Gasteiger partial charge on any atom is 0.0542 e. The summed E-state index contributed by atoms with van der Waals surface area (Å²) in [7, 11) is 0. The Labute approximate surface area is 327 Å². The van der Waals surface area contributed by atoms with Gasteiger partial charge in [-0.1, -0.05) is 95.3 Å². The minimum atomic E-state index is 0.988. The maximum absolute atomic E-state index is 2.46. The van der Waals surface area contributed by atoms with Gasteiger partial charge in [0.1, 0.15) is 0 Å². The first kappa shape index (κ1) is 35.9. The van der Waals surface area contributed by atoms with Crippen LogP contribution >= 0.6 is 0 Å². The molecule has 0 saturated heterocycles. The third-order valence-corrected chi connectivity index (χ3v) is 11.1. The quantitative estimate of drug-likeness (QED) is 0.125. The van der Waals surface area contributed by atoms with E-state index >= 15 is 0 Å². The number of aryl methyl sites for hydroxylation is 5. The van der Waals surface area contributed by atoms with Crippen molar-refractivity contribution in [1.29, 1.82) is 0 Å². The van der Waals surface area contributed by atoms with E-state index in [0.29, 0.717) is 0 Å². The predicted molar refractivity (Wildman–Crippen MR) is 237 cm³/mol. The maximum atomic E-state index is 2.46. The first-order chi connectivity index (χ1) is 27.0. The van der Waals surface area contributed by atoms with Gasteiger partial charge in [0.05, 0.1) is 11.0 Å². The fourth-order valence-corrected chi connectivity index (χ4v) is 8.03. The molecule has 3 heteroatoms. The summed E-state index contributed by atoms with van der Waals surface area (Å²) in [5.41, 5.74) is 17.2. The Morgan fingerprint density at radius 1 is 0.327 bits per heavy atom. The van der Waals surface area contributed by atoms with Gasteiger partial charge in [-0.05, 0) is 157 Å². The molecule has 8 aromatic rings. The molecule has 0 aliphatic heterocycles. The number of benzene rings is 7. The van der Waals surface area contributed by atoms with Crippen LogP contribution in [0.3, 0.4) is 0 Å². The lowest BCUT2D eigenvalue weighted by Gasteiger charge is -2.27. The molecule has 0 N–H and O–H groups in total. The van der Waals surface area contributed by atoms with Crippen molar-refractivity contribution in [3.8, 4) is 5.69 Å². The molecule has 0 aliphatic carbocycles. The zero-order chi connectivity index (χ0) is 37.9. The van der Waals surface area contributed by atoms with Crippen LogP contribution in [-0.2, 0) is 32.1 Å². The zero-order valence-corrected chi connectivity index (χ0v) is 32.9. The van der Waals surface area contributed by atoms with Gasteiger partial charge in [-0.2, -0.15) is 0 Å². The number of aromatic nitrogens is 1. The molecule has 55 heavy (non-hydrogen) atoms. The predicted octanol–water partition coefficient (Wildman–Crippen LogP) is 14.5. The second-order valence-corrected chi connectivity index (χ2v) is 14.5. The topological polar surface area (TPSA) is 11.4 Å². The summed E-state index contributed by atoms with van der Waals surface area (Å²) in [6.07, 6.45) is 4.94. The first-order valence-electron chi connectivity index (χ1n) is 20.1. The Kier molecular flexibility index (Phi) is 10.3. The van der Waals surface area contributed by atoms with Crippen molar-refractivity contribution in [3.05, 3.63) is 186 Å². The highest BCUT2D eigenvalue weighted by Gasteiger charge is 2.21. The van der Waals surface area contributed by atoms with Crippen LogP contribution in [0, 0.1) is 0 Å². The van der Waals surface area contributed by atoms with Crippen LogP contribution in [0.15, 0.2) is 158 Å². The van der Waals surface area contributed by atoms with Crippen LogP contribution in [-0.4, -0.2) is 4.57 Å². The second kappa shape index (κ2) is 15.7. The Morgan fingerprint density at radius 2 is 0.636 bits per heavy atom. The average molecular weight is 718 g/mol. The molecule has 7 aromatic carbocycles. The summed E-state index contributed by atoms with van der Waals surface area (Å²) in [4.78, 5) is 4.86. The molecule has 0 atom stereocenters. The van der Waals surface area contributed by atoms with Crippen molar-refractivity contribution < 1.29 is 0 Å². The van der Waals surface area contributed by atoms with Crippen LogP contribution in [0.4, 0.5) is 34.1 Å². The summed E-state index contributed by atoms with van der Waals surface area (Å²) in [6.45, 7) is 11.1. The number of nitrogens with zero attached hydrogens (tertiary/aromatic N) is 3. The van der Waals surface area contributed by atoms with Gasteiger partial charge < -0.3 is 14.4 Å². The number of hydrogen-bond donors (Lipinski definition) is 0. The minimum Gasteiger partial charge on any atom is -0.310 e. The molecule has 0 bridgehead atoms. The van der Waals surface area contributed by atoms with Crippen molar-refractivity contribution in [3.63, 3.8) is 0 Å². The Morgan fingerprint density at radius 3 is 0.982 bits per heavy atom. The van der Waals surface area contributed by atoms with Gasteiger partial charge in [0.15, 0.2) is 0 Å². The SMILES string of the molecule is CCc1cccc(N(c2cccc(CC)c2)c2ccc3c(c2)c2cc(N(c4cccc(CC)c4)c4cccc(CC)c4)ccc2n3-c2cccc(CC)c2)c1. The van der Waals surface area contributed by atoms with Gasteiger partial charge in [0, 0.05) is 50.6 Å². The van der Waals surface area contributed by atoms with E-state index in [1.165, 1.54) is 78.1 Å². The minimum absolute atomic E-state index is 0.988. The van der Waals surface area contributed by atoms with E-state index in [1.807, 2.05) is 0 Å². The summed E-state index contributed by atoms with van der Waals surface area (Å²) in [6, 6.07) is 59.1. The molecule has 274 valence electrons. The number of rotatable bonds is 12. The Hall–Kier alpha value is -6.06. The molecule has 0 amide bonds. The molecule has 0 spiro atoms. The van der Waals surface area contributed by atoms with E-state index < -0.39 is 0 Å². The number of fused-ring (bicyclic) bond motifs is 3. The van der Waals surface area contributed by atoms with Crippen LogP contribution in [0.25, 0.3) is 27.5 Å². The van der Waals surface area contributed by atoms with E-state index in [2.05, 4.69) is 207 Å². The molecular formula is C52H51N3. The van der Waals surface area contributed by atoms with Crippen molar-refractivity contribution in [1.82, 2.24) is 4.57 Å². The number of hydrogen-bond acceptors (Lipinski definition) is 2. The average Bonchev–Trinajstić information content (AvgIpc) is 3.57. The largest absolute Gasteiger partial charge is 0.310 e.